The molecule has 1 saturated heterocycles. The molecule has 2 N–H and O–H groups in total. The first-order chi connectivity index (χ1) is 8.31. The molecule has 0 radical (unpaired) electrons. The van der Waals surface area contributed by atoms with Gasteiger partial charge in [0.05, 0.1) is 29.2 Å². The van der Waals surface area contributed by atoms with Gasteiger partial charge in [0.1, 0.15) is 0 Å². The lowest BCUT2D eigenvalue weighted by atomic mass is 9.79. The standard InChI is InChI=1S/C13H24N2O2S/c1-5-13(6-2,10(14)18)11(16)15-7-8-17-9-12(15,3)4/h5-9H2,1-4H3,(H2,14,18). The van der Waals surface area contributed by atoms with Crippen LogP contribution in [-0.2, 0) is 9.53 Å². The van der Waals surface area contributed by atoms with Gasteiger partial charge in [-0.05, 0) is 26.7 Å². The van der Waals surface area contributed by atoms with E-state index in [1.54, 1.807) is 0 Å². The first-order valence-electron chi connectivity index (χ1n) is 6.51. The van der Waals surface area contributed by atoms with Crippen molar-refractivity contribution in [2.24, 2.45) is 11.1 Å². The van der Waals surface area contributed by atoms with E-state index in [-0.39, 0.29) is 11.4 Å². The van der Waals surface area contributed by atoms with E-state index in [1.807, 2.05) is 32.6 Å². The van der Waals surface area contributed by atoms with E-state index in [9.17, 15) is 4.79 Å². The molecule has 1 fully saturated rings. The third-order valence-corrected chi connectivity index (χ3v) is 4.37. The first kappa shape index (κ1) is 15.4. The Morgan fingerprint density at radius 3 is 2.39 bits per heavy atom. The molecule has 0 bridgehead atoms. The zero-order valence-electron chi connectivity index (χ0n) is 11.8. The number of hydrogen-bond acceptors (Lipinski definition) is 3. The first-order valence-corrected chi connectivity index (χ1v) is 6.92. The molecule has 1 aliphatic heterocycles. The Morgan fingerprint density at radius 1 is 1.44 bits per heavy atom. The molecule has 0 spiro atoms. The van der Waals surface area contributed by atoms with Gasteiger partial charge in [0, 0.05) is 6.54 Å². The predicted octanol–water partition coefficient (Wildman–Crippen LogP) is 1.72. The number of rotatable bonds is 4. The summed E-state index contributed by atoms with van der Waals surface area (Å²) in [5, 5.41) is 0. The highest BCUT2D eigenvalue weighted by Gasteiger charge is 2.45. The number of ether oxygens (including phenoxy) is 1. The topological polar surface area (TPSA) is 55.6 Å². The maximum atomic E-state index is 12.8. The van der Waals surface area contributed by atoms with Crippen molar-refractivity contribution in [3.8, 4) is 0 Å². The SMILES string of the molecule is CCC(CC)(C(=O)N1CCOCC1(C)C)C(N)=S. The number of carbonyl (C=O) groups is 1. The van der Waals surface area contributed by atoms with Crippen molar-refractivity contribution in [3.63, 3.8) is 0 Å². The third-order valence-electron chi connectivity index (χ3n) is 3.98. The second-order valence-electron chi connectivity index (χ2n) is 5.48. The zero-order chi connectivity index (χ0) is 14.0. The molecular weight excluding hydrogens is 248 g/mol. The van der Waals surface area contributed by atoms with Gasteiger partial charge in [0.15, 0.2) is 0 Å². The fraction of sp³-hybridized carbons (Fsp3) is 0.846. The molecule has 4 nitrogen and oxygen atoms in total. The Labute approximate surface area is 115 Å². The average Bonchev–Trinajstić information content (AvgIpc) is 2.30. The maximum absolute atomic E-state index is 12.8. The zero-order valence-corrected chi connectivity index (χ0v) is 12.6. The van der Waals surface area contributed by atoms with Crippen molar-refractivity contribution >= 4 is 23.1 Å². The molecule has 1 aliphatic rings. The number of nitrogens with two attached hydrogens (primary N) is 1. The summed E-state index contributed by atoms with van der Waals surface area (Å²) in [4.78, 5) is 15.0. The lowest BCUT2D eigenvalue weighted by Crippen LogP contribution is -2.61. The van der Waals surface area contributed by atoms with Crippen LogP contribution in [0.3, 0.4) is 0 Å². The van der Waals surface area contributed by atoms with Crippen molar-refractivity contribution in [2.45, 2.75) is 46.1 Å². The quantitative estimate of drug-likeness (QED) is 0.792. The molecule has 0 aliphatic carbocycles. The minimum atomic E-state index is -0.704. The highest BCUT2D eigenvalue weighted by molar-refractivity contribution is 7.80. The summed E-state index contributed by atoms with van der Waals surface area (Å²) in [6.07, 6.45) is 1.29. The Bertz CT molecular complexity index is 338. The van der Waals surface area contributed by atoms with Crippen LogP contribution in [0.15, 0.2) is 0 Å². The van der Waals surface area contributed by atoms with Crippen LogP contribution in [-0.4, -0.2) is 41.1 Å². The Kier molecular flexibility index (Phi) is 4.72. The molecule has 104 valence electrons. The molecule has 1 rings (SSSR count). The van der Waals surface area contributed by atoms with E-state index >= 15 is 0 Å². The lowest BCUT2D eigenvalue weighted by molar-refractivity contribution is -0.154. The predicted molar refractivity (Wildman–Crippen MR) is 76.4 cm³/mol. The molecule has 1 amide bonds. The highest BCUT2D eigenvalue weighted by Crippen LogP contribution is 2.33. The summed E-state index contributed by atoms with van der Waals surface area (Å²) in [6, 6.07) is 0. The fourth-order valence-electron chi connectivity index (χ4n) is 2.50. The maximum Gasteiger partial charge on any atom is 0.236 e. The van der Waals surface area contributed by atoms with E-state index in [4.69, 9.17) is 22.7 Å². The summed E-state index contributed by atoms with van der Waals surface area (Å²) >= 11 is 5.15. The van der Waals surface area contributed by atoms with Crippen molar-refractivity contribution in [1.82, 2.24) is 4.90 Å². The van der Waals surface area contributed by atoms with Crippen LogP contribution >= 0.6 is 12.2 Å². The van der Waals surface area contributed by atoms with Crippen molar-refractivity contribution in [1.29, 1.82) is 0 Å². The monoisotopic (exact) mass is 272 g/mol. The molecule has 1 heterocycles. The largest absolute Gasteiger partial charge is 0.392 e. The van der Waals surface area contributed by atoms with Crippen molar-refractivity contribution in [3.05, 3.63) is 0 Å². The Hall–Kier alpha value is -0.680. The molecule has 0 unspecified atom stereocenters. The van der Waals surface area contributed by atoms with Gasteiger partial charge in [-0.1, -0.05) is 26.1 Å². The van der Waals surface area contributed by atoms with Crippen LogP contribution in [0, 0.1) is 5.41 Å². The van der Waals surface area contributed by atoms with Gasteiger partial charge in [-0.3, -0.25) is 4.79 Å². The summed E-state index contributed by atoms with van der Waals surface area (Å²) < 4.78 is 5.45. The third kappa shape index (κ3) is 2.52. The number of hydrogen-bond donors (Lipinski definition) is 1. The minimum Gasteiger partial charge on any atom is -0.392 e. The van der Waals surface area contributed by atoms with Gasteiger partial charge >= 0.3 is 0 Å². The van der Waals surface area contributed by atoms with E-state index in [0.717, 1.165) is 0 Å². The van der Waals surface area contributed by atoms with Crippen LogP contribution in [0.2, 0.25) is 0 Å². The number of amides is 1. The highest BCUT2D eigenvalue weighted by atomic mass is 32.1. The molecule has 0 aromatic carbocycles. The average molecular weight is 272 g/mol. The summed E-state index contributed by atoms with van der Waals surface area (Å²) in [6.45, 7) is 9.70. The van der Waals surface area contributed by atoms with E-state index < -0.39 is 5.41 Å². The fourth-order valence-corrected chi connectivity index (χ4v) is 2.88. The number of carbonyl (C=O) groups excluding carboxylic acids is 1. The van der Waals surface area contributed by atoms with Crippen LogP contribution < -0.4 is 5.73 Å². The Morgan fingerprint density at radius 2 is 2.00 bits per heavy atom. The second-order valence-corrected chi connectivity index (χ2v) is 5.92. The van der Waals surface area contributed by atoms with Gasteiger partial charge < -0.3 is 15.4 Å². The van der Waals surface area contributed by atoms with Gasteiger partial charge in [0.2, 0.25) is 5.91 Å². The molecule has 0 aromatic rings. The van der Waals surface area contributed by atoms with Gasteiger partial charge in [-0.25, -0.2) is 0 Å². The summed E-state index contributed by atoms with van der Waals surface area (Å²) in [5.41, 5.74) is 4.84. The lowest BCUT2D eigenvalue weighted by Gasteiger charge is -2.46. The van der Waals surface area contributed by atoms with E-state index in [1.165, 1.54) is 0 Å². The van der Waals surface area contributed by atoms with Crippen molar-refractivity contribution < 1.29 is 9.53 Å². The van der Waals surface area contributed by atoms with Gasteiger partial charge in [-0.15, -0.1) is 0 Å². The van der Waals surface area contributed by atoms with E-state index in [2.05, 4.69) is 0 Å². The molecule has 18 heavy (non-hydrogen) atoms. The van der Waals surface area contributed by atoms with Crippen LogP contribution in [0.1, 0.15) is 40.5 Å². The molecule has 5 heteroatoms. The van der Waals surface area contributed by atoms with Crippen molar-refractivity contribution in [2.75, 3.05) is 19.8 Å². The summed E-state index contributed by atoms with van der Waals surface area (Å²) in [5.74, 6) is 0.0494. The van der Waals surface area contributed by atoms with E-state index in [0.29, 0.717) is 37.6 Å². The number of thiocarbonyl (C=S) groups is 1. The molecular formula is C13H24N2O2S. The Balaban J connectivity index is 3.06. The summed E-state index contributed by atoms with van der Waals surface area (Å²) in [7, 11) is 0. The second kappa shape index (κ2) is 5.53. The normalized spacial score (nSPS) is 19.7. The minimum absolute atomic E-state index is 0.0494. The smallest absolute Gasteiger partial charge is 0.236 e. The van der Waals surface area contributed by atoms with Gasteiger partial charge in [-0.2, -0.15) is 0 Å². The molecule has 0 aromatic heterocycles. The van der Waals surface area contributed by atoms with Gasteiger partial charge in [0.25, 0.3) is 0 Å². The number of nitrogens with zero attached hydrogens (tertiary/aromatic N) is 1. The van der Waals surface area contributed by atoms with Crippen LogP contribution in [0.25, 0.3) is 0 Å². The molecule has 0 saturated carbocycles. The molecule has 0 atom stereocenters. The number of morpholine rings is 1. The van der Waals surface area contributed by atoms with Crippen LogP contribution in [0.4, 0.5) is 0 Å². The van der Waals surface area contributed by atoms with Crippen LogP contribution in [0.5, 0.6) is 0 Å².